The number of benzene rings is 5. The van der Waals surface area contributed by atoms with Gasteiger partial charge in [0, 0.05) is 23.2 Å². The highest BCUT2D eigenvalue weighted by molar-refractivity contribution is 6.01. The lowest BCUT2D eigenvalue weighted by molar-refractivity contribution is 0.309. The summed E-state index contributed by atoms with van der Waals surface area (Å²) < 4.78 is 5.73. The number of nitrogens with zero attached hydrogens (tertiary/aromatic N) is 4. The van der Waals surface area contributed by atoms with Gasteiger partial charge in [0.15, 0.2) is 0 Å². The molecule has 0 N–H and O–H groups in total. The van der Waals surface area contributed by atoms with E-state index in [-0.39, 0.29) is 0 Å². The van der Waals surface area contributed by atoms with Crippen molar-refractivity contribution in [2.24, 2.45) is 20.2 Å². The van der Waals surface area contributed by atoms with E-state index in [2.05, 4.69) is 65.5 Å². The van der Waals surface area contributed by atoms with Crippen LogP contribution in [0.4, 0.5) is 22.7 Å². The van der Waals surface area contributed by atoms with E-state index >= 15 is 0 Å². The van der Waals surface area contributed by atoms with Gasteiger partial charge in [0.25, 0.3) is 0 Å². The van der Waals surface area contributed by atoms with E-state index in [9.17, 15) is 0 Å². The summed E-state index contributed by atoms with van der Waals surface area (Å²) in [4.78, 5) is 9.40. The largest absolute Gasteiger partial charge is 0.494 e. The molecule has 0 atom stereocenters. The maximum Gasteiger partial charge on any atom is 0.119 e. The van der Waals surface area contributed by atoms with Gasteiger partial charge in [0.05, 0.1) is 29.4 Å². The minimum atomic E-state index is 0.748. The van der Waals surface area contributed by atoms with E-state index in [1.165, 1.54) is 18.4 Å². The van der Waals surface area contributed by atoms with Crippen LogP contribution < -0.4 is 4.74 Å². The van der Waals surface area contributed by atoms with Crippen LogP contribution in [0.1, 0.15) is 56.2 Å². The molecule has 0 aliphatic heterocycles. The van der Waals surface area contributed by atoms with Crippen molar-refractivity contribution < 1.29 is 4.74 Å². The van der Waals surface area contributed by atoms with Gasteiger partial charge in [0.1, 0.15) is 5.75 Å². The third-order valence-corrected chi connectivity index (χ3v) is 7.16. The van der Waals surface area contributed by atoms with E-state index in [0.717, 1.165) is 76.3 Å². The molecule has 0 aliphatic carbocycles. The average molecular weight is 567 g/mol. The van der Waals surface area contributed by atoms with Crippen LogP contribution in [0.5, 0.6) is 5.75 Å². The highest BCUT2D eigenvalue weighted by atomic mass is 16.5. The summed E-state index contributed by atoms with van der Waals surface area (Å²) in [5.41, 5.74) is 6.81. The Morgan fingerprint density at radius 3 is 1.86 bits per heavy atom. The van der Waals surface area contributed by atoms with Gasteiger partial charge in [-0.2, -0.15) is 5.11 Å². The maximum atomic E-state index is 5.73. The standard InChI is InChI=1S/C38H38N4O/c1-3-5-9-29-12-14-30(15-13-29)28-40-37-24-25-38(36-11-8-7-10-35(36)37)42-41-33-20-18-32(19-21-33)39-27-31-16-22-34(23-17-31)43-26-6-4-2/h7-8,10-25,27-28H,3-6,9,26H2,1-2H3. The first-order valence-electron chi connectivity index (χ1n) is 15.2. The minimum absolute atomic E-state index is 0.748. The van der Waals surface area contributed by atoms with Crippen molar-refractivity contribution in [2.75, 3.05) is 6.61 Å². The van der Waals surface area contributed by atoms with E-state index in [0.29, 0.717) is 0 Å². The molecule has 5 nitrogen and oxygen atoms in total. The lowest BCUT2D eigenvalue weighted by Gasteiger charge is -2.05. The summed E-state index contributed by atoms with van der Waals surface area (Å²) >= 11 is 0. The van der Waals surface area contributed by atoms with Crippen molar-refractivity contribution in [1.29, 1.82) is 0 Å². The van der Waals surface area contributed by atoms with Crippen molar-refractivity contribution in [3.8, 4) is 5.75 Å². The fraction of sp³-hybridized carbons (Fsp3) is 0.211. The molecular weight excluding hydrogens is 528 g/mol. The molecular formula is C38H38N4O. The molecule has 0 bridgehead atoms. The predicted octanol–water partition coefficient (Wildman–Crippen LogP) is 11.3. The van der Waals surface area contributed by atoms with Gasteiger partial charge in [-0.3, -0.25) is 9.98 Å². The smallest absolute Gasteiger partial charge is 0.119 e. The van der Waals surface area contributed by atoms with Crippen LogP contribution >= 0.6 is 0 Å². The van der Waals surface area contributed by atoms with Crippen LogP contribution in [0.15, 0.2) is 129 Å². The van der Waals surface area contributed by atoms with Crippen LogP contribution in [0, 0.1) is 0 Å². The Balaban J connectivity index is 1.24. The Kier molecular flexibility index (Phi) is 10.6. The number of aliphatic imine (C=N–C) groups is 2. The number of azo groups is 1. The van der Waals surface area contributed by atoms with Crippen LogP contribution in [0.2, 0.25) is 0 Å². The second kappa shape index (κ2) is 15.4. The zero-order valence-corrected chi connectivity index (χ0v) is 25.0. The fourth-order valence-electron chi connectivity index (χ4n) is 4.61. The first-order valence-corrected chi connectivity index (χ1v) is 15.2. The zero-order valence-electron chi connectivity index (χ0n) is 25.0. The molecule has 0 fully saturated rings. The molecule has 5 aromatic rings. The van der Waals surface area contributed by atoms with E-state index in [4.69, 9.17) is 9.73 Å². The topological polar surface area (TPSA) is 58.7 Å². The van der Waals surface area contributed by atoms with Crippen LogP contribution in [0.25, 0.3) is 10.8 Å². The van der Waals surface area contributed by atoms with Crippen molar-refractivity contribution in [3.05, 3.63) is 126 Å². The number of unbranched alkanes of at least 4 members (excludes halogenated alkanes) is 2. The Hall–Kier alpha value is -4.90. The molecule has 0 radical (unpaired) electrons. The maximum absolute atomic E-state index is 5.73. The minimum Gasteiger partial charge on any atom is -0.494 e. The van der Waals surface area contributed by atoms with Crippen LogP contribution in [-0.4, -0.2) is 19.0 Å². The third-order valence-electron chi connectivity index (χ3n) is 7.16. The molecule has 43 heavy (non-hydrogen) atoms. The molecule has 0 saturated carbocycles. The third kappa shape index (κ3) is 8.55. The molecule has 0 saturated heterocycles. The lowest BCUT2D eigenvalue weighted by Crippen LogP contribution is -1.96. The molecule has 0 heterocycles. The van der Waals surface area contributed by atoms with Crippen molar-refractivity contribution in [1.82, 2.24) is 0 Å². The molecule has 0 unspecified atom stereocenters. The Morgan fingerprint density at radius 2 is 1.16 bits per heavy atom. The first-order chi connectivity index (χ1) is 21.2. The lowest BCUT2D eigenvalue weighted by atomic mass is 10.1. The van der Waals surface area contributed by atoms with Crippen LogP contribution in [-0.2, 0) is 6.42 Å². The zero-order chi connectivity index (χ0) is 29.7. The Bertz CT molecular complexity index is 1690. The number of fused-ring (bicyclic) bond motifs is 1. The van der Waals surface area contributed by atoms with Crippen molar-refractivity contribution in [2.45, 2.75) is 46.0 Å². The SMILES string of the molecule is CCCCOc1ccc(C=Nc2ccc(N=Nc3ccc(N=Cc4ccc(CCCC)cc4)c4ccccc34)cc2)cc1. The second-order valence-electron chi connectivity index (χ2n) is 10.5. The summed E-state index contributed by atoms with van der Waals surface area (Å²) in [6.45, 7) is 5.13. The fourth-order valence-corrected chi connectivity index (χ4v) is 4.61. The summed E-state index contributed by atoms with van der Waals surface area (Å²) in [7, 11) is 0. The predicted molar refractivity (Wildman–Crippen MR) is 181 cm³/mol. The molecule has 216 valence electrons. The molecule has 0 aliphatic rings. The second-order valence-corrected chi connectivity index (χ2v) is 10.5. The summed E-state index contributed by atoms with van der Waals surface area (Å²) in [5, 5.41) is 11.1. The molecule has 0 spiro atoms. The number of hydrogen-bond donors (Lipinski definition) is 0. The number of hydrogen-bond acceptors (Lipinski definition) is 5. The van der Waals surface area contributed by atoms with Gasteiger partial charge in [-0.25, -0.2) is 0 Å². The molecule has 0 aromatic heterocycles. The van der Waals surface area contributed by atoms with E-state index in [1.54, 1.807) is 0 Å². The molecule has 5 heteroatoms. The quantitative estimate of drug-likeness (QED) is 0.0794. The molecule has 5 aromatic carbocycles. The summed E-state index contributed by atoms with van der Waals surface area (Å²) in [5.74, 6) is 0.888. The summed E-state index contributed by atoms with van der Waals surface area (Å²) in [6, 6.07) is 36.6. The van der Waals surface area contributed by atoms with Gasteiger partial charge in [-0.1, -0.05) is 75.2 Å². The average Bonchev–Trinajstić information content (AvgIpc) is 3.06. The highest BCUT2D eigenvalue weighted by Gasteiger charge is 2.05. The number of aryl methyl sites for hydroxylation is 1. The van der Waals surface area contributed by atoms with E-state index in [1.807, 2.05) is 85.2 Å². The Labute approximate surface area is 254 Å². The van der Waals surface area contributed by atoms with E-state index < -0.39 is 0 Å². The molecule has 0 amide bonds. The van der Waals surface area contributed by atoms with Gasteiger partial charge in [-0.15, -0.1) is 5.11 Å². The van der Waals surface area contributed by atoms with Crippen molar-refractivity contribution >= 4 is 46.0 Å². The summed E-state index contributed by atoms with van der Waals surface area (Å²) in [6.07, 6.45) is 9.51. The number of ether oxygens (including phenoxy) is 1. The normalized spacial score (nSPS) is 11.8. The monoisotopic (exact) mass is 566 g/mol. The Morgan fingerprint density at radius 1 is 0.558 bits per heavy atom. The van der Waals surface area contributed by atoms with Gasteiger partial charge < -0.3 is 4.74 Å². The van der Waals surface area contributed by atoms with Gasteiger partial charge in [-0.05, 0) is 96.6 Å². The first kappa shape index (κ1) is 29.6. The van der Waals surface area contributed by atoms with Crippen molar-refractivity contribution in [3.63, 3.8) is 0 Å². The number of rotatable bonds is 13. The van der Waals surface area contributed by atoms with Gasteiger partial charge in [0.2, 0.25) is 0 Å². The molecule has 5 rings (SSSR count). The van der Waals surface area contributed by atoms with Gasteiger partial charge >= 0.3 is 0 Å². The van der Waals surface area contributed by atoms with Crippen LogP contribution in [0.3, 0.4) is 0 Å². The highest BCUT2D eigenvalue weighted by Crippen LogP contribution is 2.34.